The smallest absolute Gasteiger partial charge is 0.343 e. The van der Waals surface area contributed by atoms with Crippen molar-refractivity contribution in [3.63, 3.8) is 0 Å². The molecule has 26 heavy (non-hydrogen) atoms. The van der Waals surface area contributed by atoms with Crippen molar-refractivity contribution in [2.45, 2.75) is 0 Å². The van der Waals surface area contributed by atoms with Crippen molar-refractivity contribution >= 4 is 17.9 Å². The van der Waals surface area contributed by atoms with Gasteiger partial charge in [-0.3, -0.25) is 5.43 Å². The normalized spacial score (nSPS) is 10.5. The van der Waals surface area contributed by atoms with Crippen LogP contribution in [-0.4, -0.2) is 19.3 Å². The summed E-state index contributed by atoms with van der Waals surface area (Å²) in [6, 6.07) is 23.5. The van der Waals surface area contributed by atoms with Crippen LogP contribution >= 0.6 is 0 Å². The third-order valence-corrected chi connectivity index (χ3v) is 3.60. The first-order valence-electron chi connectivity index (χ1n) is 8.05. The van der Waals surface area contributed by atoms with Gasteiger partial charge in [-0.15, -0.1) is 0 Å². The van der Waals surface area contributed by atoms with Crippen LogP contribution in [0.4, 0.5) is 5.69 Å². The molecule has 0 saturated carbocycles. The molecule has 0 amide bonds. The number of carbonyl (C=O) groups is 1. The molecule has 0 spiro atoms. The van der Waals surface area contributed by atoms with Crippen LogP contribution in [0.2, 0.25) is 0 Å². The van der Waals surface area contributed by atoms with Crippen LogP contribution in [0.5, 0.6) is 11.5 Å². The second-order valence-corrected chi connectivity index (χ2v) is 5.42. The van der Waals surface area contributed by atoms with Crippen molar-refractivity contribution in [3.8, 4) is 11.5 Å². The molecule has 0 atom stereocenters. The quantitative estimate of drug-likeness (QED) is 0.312. The van der Waals surface area contributed by atoms with E-state index in [1.165, 1.54) is 0 Å². The summed E-state index contributed by atoms with van der Waals surface area (Å²) >= 11 is 0. The average Bonchev–Trinajstić information content (AvgIpc) is 2.70. The van der Waals surface area contributed by atoms with Gasteiger partial charge >= 0.3 is 5.97 Å². The van der Waals surface area contributed by atoms with Gasteiger partial charge in [-0.25, -0.2) is 4.79 Å². The SMILES string of the molecule is COc1ccc(N/N=C/c2ccc(OC(=O)c3ccccc3)cc2)cc1. The maximum atomic E-state index is 12.0. The van der Waals surface area contributed by atoms with Crippen molar-refractivity contribution in [1.29, 1.82) is 0 Å². The highest BCUT2D eigenvalue weighted by atomic mass is 16.5. The second kappa shape index (κ2) is 8.48. The lowest BCUT2D eigenvalue weighted by Crippen LogP contribution is -2.08. The highest BCUT2D eigenvalue weighted by molar-refractivity contribution is 5.91. The van der Waals surface area contributed by atoms with Gasteiger partial charge in [0.25, 0.3) is 0 Å². The molecule has 0 radical (unpaired) electrons. The standard InChI is InChI=1S/C21H18N2O3/c1-25-19-13-9-18(10-14-19)23-22-15-16-7-11-20(12-8-16)26-21(24)17-5-3-2-4-6-17/h2-15,23H,1H3/b22-15+. The molecule has 0 aliphatic rings. The number of esters is 1. The van der Waals surface area contributed by atoms with E-state index >= 15 is 0 Å². The van der Waals surface area contributed by atoms with Crippen LogP contribution in [0.15, 0.2) is 84.0 Å². The molecule has 0 aliphatic heterocycles. The minimum Gasteiger partial charge on any atom is -0.497 e. The van der Waals surface area contributed by atoms with Crippen LogP contribution in [0.25, 0.3) is 0 Å². The van der Waals surface area contributed by atoms with Crippen LogP contribution in [0.1, 0.15) is 15.9 Å². The zero-order valence-corrected chi connectivity index (χ0v) is 14.3. The summed E-state index contributed by atoms with van der Waals surface area (Å²) < 4.78 is 10.4. The molecule has 0 saturated heterocycles. The molecule has 0 bridgehead atoms. The Kier molecular flexibility index (Phi) is 5.62. The lowest BCUT2D eigenvalue weighted by Gasteiger charge is -2.04. The van der Waals surface area contributed by atoms with Gasteiger partial charge in [0, 0.05) is 0 Å². The highest BCUT2D eigenvalue weighted by Crippen LogP contribution is 2.16. The van der Waals surface area contributed by atoms with Gasteiger partial charge in [0.05, 0.1) is 24.6 Å². The Bertz CT molecular complexity index is 873. The zero-order chi connectivity index (χ0) is 18.2. The molecule has 0 heterocycles. The number of nitrogens with zero attached hydrogens (tertiary/aromatic N) is 1. The Labute approximate surface area is 151 Å². The van der Waals surface area contributed by atoms with E-state index in [2.05, 4.69) is 10.5 Å². The van der Waals surface area contributed by atoms with E-state index in [9.17, 15) is 4.79 Å². The molecule has 5 heteroatoms. The van der Waals surface area contributed by atoms with E-state index in [1.807, 2.05) is 42.5 Å². The fourth-order valence-electron chi connectivity index (χ4n) is 2.21. The van der Waals surface area contributed by atoms with Gasteiger partial charge in [0.15, 0.2) is 0 Å². The van der Waals surface area contributed by atoms with Crippen molar-refractivity contribution in [1.82, 2.24) is 0 Å². The number of methoxy groups -OCH3 is 1. The van der Waals surface area contributed by atoms with Gasteiger partial charge in [-0.2, -0.15) is 5.10 Å². The lowest BCUT2D eigenvalue weighted by molar-refractivity contribution is 0.0735. The number of rotatable bonds is 6. The molecule has 0 fully saturated rings. The molecular formula is C21H18N2O3. The maximum Gasteiger partial charge on any atom is 0.343 e. The van der Waals surface area contributed by atoms with E-state index in [1.54, 1.807) is 49.7 Å². The Morgan fingerprint density at radius 2 is 1.54 bits per heavy atom. The van der Waals surface area contributed by atoms with E-state index < -0.39 is 0 Å². The highest BCUT2D eigenvalue weighted by Gasteiger charge is 2.07. The number of hydrazone groups is 1. The van der Waals surface area contributed by atoms with Gasteiger partial charge in [-0.1, -0.05) is 18.2 Å². The predicted octanol–water partition coefficient (Wildman–Crippen LogP) is 4.36. The fraction of sp³-hybridized carbons (Fsp3) is 0.0476. The van der Waals surface area contributed by atoms with E-state index in [0.29, 0.717) is 11.3 Å². The minimum absolute atomic E-state index is 0.381. The number of carbonyl (C=O) groups excluding carboxylic acids is 1. The molecule has 3 aromatic rings. The fourth-order valence-corrected chi connectivity index (χ4v) is 2.21. The molecule has 3 aromatic carbocycles. The van der Waals surface area contributed by atoms with Gasteiger partial charge in [-0.05, 0) is 66.2 Å². The van der Waals surface area contributed by atoms with Gasteiger partial charge in [0.2, 0.25) is 0 Å². The number of ether oxygens (including phenoxy) is 2. The van der Waals surface area contributed by atoms with Crippen LogP contribution in [0.3, 0.4) is 0 Å². The molecule has 1 N–H and O–H groups in total. The minimum atomic E-state index is -0.381. The number of benzene rings is 3. The average molecular weight is 346 g/mol. The number of anilines is 1. The number of nitrogens with one attached hydrogen (secondary N) is 1. The van der Waals surface area contributed by atoms with Crippen molar-refractivity contribution in [2.75, 3.05) is 12.5 Å². The number of hydrogen-bond acceptors (Lipinski definition) is 5. The largest absolute Gasteiger partial charge is 0.497 e. The molecule has 130 valence electrons. The molecule has 0 aromatic heterocycles. The topological polar surface area (TPSA) is 59.9 Å². The summed E-state index contributed by atoms with van der Waals surface area (Å²) in [5, 5.41) is 4.18. The van der Waals surface area contributed by atoms with Crippen molar-refractivity contribution in [2.24, 2.45) is 5.10 Å². The zero-order valence-electron chi connectivity index (χ0n) is 14.3. The van der Waals surface area contributed by atoms with E-state index in [4.69, 9.17) is 9.47 Å². The third-order valence-electron chi connectivity index (χ3n) is 3.60. The van der Waals surface area contributed by atoms with Gasteiger partial charge in [0.1, 0.15) is 11.5 Å². The first kappa shape index (κ1) is 17.2. The first-order chi connectivity index (χ1) is 12.7. The van der Waals surface area contributed by atoms with E-state index in [-0.39, 0.29) is 5.97 Å². The molecule has 0 aliphatic carbocycles. The summed E-state index contributed by atoms with van der Waals surface area (Å²) in [5.74, 6) is 0.896. The predicted molar refractivity (Wildman–Crippen MR) is 102 cm³/mol. The molecular weight excluding hydrogens is 328 g/mol. The number of hydrogen-bond donors (Lipinski definition) is 1. The third kappa shape index (κ3) is 4.70. The van der Waals surface area contributed by atoms with Crippen LogP contribution in [-0.2, 0) is 0 Å². The van der Waals surface area contributed by atoms with Crippen molar-refractivity contribution in [3.05, 3.63) is 90.0 Å². The maximum absolute atomic E-state index is 12.0. The second-order valence-electron chi connectivity index (χ2n) is 5.42. The molecule has 5 nitrogen and oxygen atoms in total. The summed E-state index contributed by atoms with van der Waals surface area (Å²) in [7, 11) is 1.63. The van der Waals surface area contributed by atoms with Crippen LogP contribution in [0, 0.1) is 0 Å². The molecule has 3 rings (SSSR count). The Morgan fingerprint density at radius 1 is 0.885 bits per heavy atom. The van der Waals surface area contributed by atoms with Gasteiger partial charge < -0.3 is 9.47 Å². The summed E-state index contributed by atoms with van der Waals surface area (Å²) in [5.41, 5.74) is 5.19. The first-order valence-corrected chi connectivity index (χ1v) is 8.05. The van der Waals surface area contributed by atoms with Crippen molar-refractivity contribution < 1.29 is 14.3 Å². The summed E-state index contributed by atoms with van der Waals surface area (Å²) in [6.07, 6.45) is 1.69. The van der Waals surface area contributed by atoms with E-state index in [0.717, 1.165) is 17.0 Å². The summed E-state index contributed by atoms with van der Waals surface area (Å²) in [4.78, 5) is 12.0. The Morgan fingerprint density at radius 3 is 2.19 bits per heavy atom. The Hall–Kier alpha value is -3.60. The van der Waals surface area contributed by atoms with Crippen LogP contribution < -0.4 is 14.9 Å². The Balaban J connectivity index is 1.56. The monoisotopic (exact) mass is 346 g/mol. The lowest BCUT2D eigenvalue weighted by atomic mass is 10.2. The molecule has 0 unspecified atom stereocenters. The summed E-state index contributed by atoms with van der Waals surface area (Å²) in [6.45, 7) is 0.